The Bertz CT molecular complexity index is 424. The Labute approximate surface area is 89.3 Å². The van der Waals surface area contributed by atoms with Gasteiger partial charge in [0.25, 0.3) is 9.05 Å². The minimum atomic E-state index is -3.60. The highest BCUT2D eigenvalue weighted by Gasteiger charge is 2.14. The lowest BCUT2D eigenvalue weighted by molar-refractivity contribution is 0.608. The standard InChI is InChI=1S/C10H13ClO2S/c1-3-8-5-6-10(14(11,12)13)9(4-2)7-8/h5-7H,3-4H2,1-2H3. The Balaban J connectivity index is 3.33. The zero-order chi connectivity index (χ0) is 10.8. The molecule has 0 aliphatic carbocycles. The van der Waals surface area contributed by atoms with Crippen molar-refractivity contribution in [2.45, 2.75) is 31.6 Å². The Morgan fingerprint density at radius 2 is 1.86 bits per heavy atom. The van der Waals surface area contributed by atoms with E-state index in [1.165, 1.54) is 0 Å². The van der Waals surface area contributed by atoms with Crippen molar-refractivity contribution in [2.24, 2.45) is 0 Å². The molecule has 2 nitrogen and oxygen atoms in total. The summed E-state index contributed by atoms with van der Waals surface area (Å²) in [5.41, 5.74) is 1.92. The predicted molar refractivity (Wildman–Crippen MR) is 58.2 cm³/mol. The minimum absolute atomic E-state index is 0.235. The first-order chi connectivity index (χ1) is 6.49. The van der Waals surface area contributed by atoms with Crippen LogP contribution in [-0.2, 0) is 21.9 Å². The second-order valence-electron chi connectivity index (χ2n) is 3.09. The number of hydrogen-bond acceptors (Lipinski definition) is 2. The summed E-state index contributed by atoms with van der Waals surface area (Å²) < 4.78 is 22.4. The van der Waals surface area contributed by atoms with Crippen LogP contribution < -0.4 is 0 Å². The van der Waals surface area contributed by atoms with Gasteiger partial charge >= 0.3 is 0 Å². The van der Waals surface area contributed by atoms with Crippen LogP contribution in [0.15, 0.2) is 23.1 Å². The Morgan fingerprint density at radius 3 is 2.29 bits per heavy atom. The van der Waals surface area contributed by atoms with Crippen LogP contribution >= 0.6 is 10.7 Å². The summed E-state index contributed by atoms with van der Waals surface area (Å²) in [6.45, 7) is 3.95. The fourth-order valence-corrected chi connectivity index (χ4v) is 2.57. The third kappa shape index (κ3) is 2.49. The minimum Gasteiger partial charge on any atom is -0.207 e. The molecule has 0 saturated carbocycles. The lowest BCUT2D eigenvalue weighted by Gasteiger charge is -2.06. The average Bonchev–Trinajstić information content (AvgIpc) is 2.15. The normalized spacial score (nSPS) is 11.6. The topological polar surface area (TPSA) is 34.1 Å². The SMILES string of the molecule is CCc1ccc(S(=O)(=O)Cl)c(CC)c1. The Morgan fingerprint density at radius 1 is 1.21 bits per heavy atom. The van der Waals surface area contributed by atoms with Crippen molar-refractivity contribution < 1.29 is 8.42 Å². The molecule has 0 bridgehead atoms. The molecule has 0 N–H and O–H groups in total. The molecule has 1 rings (SSSR count). The number of rotatable bonds is 3. The highest BCUT2D eigenvalue weighted by Crippen LogP contribution is 2.22. The Kier molecular flexibility index (Phi) is 3.56. The first kappa shape index (κ1) is 11.5. The van der Waals surface area contributed by atoms with E-state index in [9.17, 15) is 8.42 Å². The van der Waals surface area contributed by atoms with E-state index < -0.39 is 9.05 Å². The summed E-state index contributed by atoms with van der Waals surface area (Å²) in [6, 6.07) is 5.28. The van der Waals surface area contributed by atoms with E-state index in [2.05, 4.69) is 0 Å². The molecule has 0 aliphatic heterocycles. The maximum absolute atomic E-state index is 11.2. The Hall–Kier alpha value is -0.540. The summed E-state index contributed by atoms with van der Waals surface area (Å²) in [4.78, 5) is 0.235. The first-order valence-corrected chi connectivity index (χ1v) is 6.86. The molecule has 0 amide bonds. The van der Waals surface area contributed by atoms with E-state index in [-0.39, 0.29) is 4.90 Å². The van der Waals surface area contributed by atoms with E-state index in [0.717, 1.165) is 17.5 Å². The summed E-state index contributed by atoms with van der Waals surface area (Å²) in [5, 5.41) is 0. The molecule has 78 valence electrons. The van der Waals surface area contributed by atoms with Gasteiger partial charge in [0.15, 0.2) is 0 Å². The monoisotopic (exact) mass is 232 g/mol. The molecule has 1 aromatic carbocycles. The molecule has 0 heterocycles. The number of aryl methyl sites for hydroxylation is 2. The van der Waals surface area contributed by atoms with Crippen LogP contribution in [0.3, 0.4) is 0 Å². The van der Waals surface area contributed by atoms with E-state index in [4.69, 9.17) is 10.7 Å². The smallest absolute Gasteiger partial charge is 0.207 e. The van der Waals surface area contributed by atoms with Gasteiger partial charge in [0.1, 0.15) is 0 Å². The van der Waals surface area contributed by atoms with Gasteiger partial charge in [-0.15, -0.1) is 0 Å². The van der Waals surface area contributed by atoms with Gasteiger partial charge in [-0.05, 0) is 30.0 Å². The maximum atomic E-state index is 11.2. The van der Waals surface area contributed by atoms with Gasteiger partial charge in [-0.2, -0.15) is 0 Å². The van der Waals surface area contributed by atoms with E-state index in [1.807, 2.05) is 19.9 Å². The average molecular weight is 233 g/mol. The lowest BCUT2D eigenvalue weighted by atomic mass is 10.1. The molecular formula is C10H13ClO2S. The summed E-state index contributed by atoms with van der Waals surface area (Å²) in [7, 11) is 1.71. The molecule has 0 saturated heterocycles. The number of benzene rings is 1. The van der Waals surface area contributed by atoms with Crippen molar-refractivity contribution in [3.63, 3.8) is 0 Å². The largest absolute Gasteiger partial charge is 0.261 e. The van der Waals surface area contributed by atoms with Crippen molar-refractivity contribution in [1.82, 2.24) is 0 Å². The summed E-state index contributed by atoms with van der Waals surface area (Å²) >= 11 is 0. The van der Waals surface area contributed by atoms with Gasteiger partial charge in [0.2, 0.25) is 0 Å². The zero-order valence-electron chi connectivity index (χ0n) is 8.25. The van der Waals surface area contributed by atoms with Gasteiger partial charge < -0.3 is 0 Å². The van der Waals surface area contributed by atoms with Crippen LogP contribution in [0, 0.1) is 0 Å². The number of halogens is 1. The second kappa shape index (κ2) is 4.32. The molecule has 0 radical (unpaired) electrons. The van der Waals surface area contributed by atoms with Crippen molar-refractivity contribution in [1.29, 1.82) is 0 Å². The summed E-state index contributed by atoms with van der Waals surface area (Å²) in [6.07, 6.45) is 1.57. The highest BCUT2D eigenvalue weighted by molar-refractivity contribution is 8.13. The van der Waals surface area contributed by atoms with Crippen LogP contribution in [0.4, 0.5) is 0 Å². The molecule has 4 heteroatoms. The van der Waals surface area contributed by atoms with Crippen molar-refractivity contribution in [2.75, 3.05) is 0 Å². The fourth-order valence-electron chi connectivity index (χ4n) is 1.37. The molecule has 0 atom stereocenters. The molecule has 14 heavy (non-hydrogen) atoms. The van der Waals surface area contributed by atoms with Crippen LogP contribution in [-0.4, -0.2) is 8.42 Å². The predicted octanol–water partition coefficient (Wildman–Crippen LogP) is 2.74. The molecule has 0 spiro atoms. The van der Waals surface area contributed by atoms with Gasteiger partial charge in [-0.3, -0.25) is 0 Å². The first-order valence-electron chi connectivity index (χ1n) is 4.55. The van der Waals surface area contributed by atoms with Gasteiger partial charge in [-0.25, -0.2) is 8.42 Å². The quantitative estimate of drug-likeness (QED) is 0.751. The molecule has 0 aromatic heterocycles. The van der Waals surface area contributed by atoms with Crippen LogP contribution in [0.2, 0.25) is 0 Å². The molecule has 0 aliphatic rings. The van der Waals surface area contributed by atoms with Gasteiger partial charge in [-0.1, -0.05) is 26.0 Å². The van der Waals surface area contributed by atoms with Gasteiger partial charge in [0.05, 0.1) is 4.90 Å². The fraction of sp³-hybridized carbons (Fsp3) is 0.400. The second-order valence-corrected chi connectivity index (χ2v) is 5.62. The van der Waals surface area contributed by atoms with Crippen LogP contribution in [0.5, 0.6) is 0 Å². The molecule has 0 unspecified atom stereocenters. The number of hydrogen-bond donors (Lipinski definition) is 0. The van der Waals surface area contributed by atoms with E-state index in [0.29, 0.717) is 6.42 Å². The van der Waals surface area contributed by atoms with Crippen LogP contribution in [0.25, 0.3) is 0 Å². The highest BCUT2D eigenvalue weighted by atomic mass is 35.7. The van der Waals surface area contributed by atoms with Crippen LogP contribution in [0.1, 0.15) is 25.0 Å². The lowest BCUT2D eigenvalue weighted by Crippen LogP contribution is -1.98. The third-order valence-electron chi connectivity index (χ3n) is 2.18. The van der Waals surface area contributed by atoms with E-state index >= 15 is 0 Å². The maximum Gasteiger partial charge on any atom is 0.261 e. The third-order valence-corrected chi connectivity index (χ3v) is 3.60. The van der Waals surface area contributed by atoms with Crippen molar-refractivity contribution in [3.8, 4) is 0 Å². The molecule has 0 fully saturated rings. The zero-order valence-corrected chi connectivity index (χ0v) is 9.82. The van der Waals surface area contributed by atoms with Gasteiger partial charge in [0, 0.05) is 10.7 Å². The van der Waals surface area contributed by atoms with Crippen molar-refractivity contribution in [3.05, 3.63) is 29.3 Å². The summed E-state index contributed by atoms with van der Waals surface area (Å²) in [5.74, 6) is 0. The molecular weight excluding hydrogens is 220 g/mol. The van der Waals surface area contributed by atoms with Crippen molar-refractivity contribution >= 4 is 19.7 Å². The van der Waals surface area contributed by atoms with E-state index in [1.54, 1.807) is 12.1 Å². The molecule has 1 aromatic rings.